The van der Waals surface area contributed by atoms with Gasteiger partial charge in [-0.25, -0.2) is 8.42 Å². The third-order valence-corrected chi connectivity index (χ3v) is 7.70. The number of anilines is 1. The molecular weight excluding hydrogens is 372 g/mol. The number of carbonyl (C=O) groups is 1. The molecule has 1 N–H and O–H groups in total. The fourth-order valence-electron chi connectivity index (χ4n) is 4.08. The first-order chi connectivity index (χ1) is 13.4. The van der Waals surface area contributed by atoms with E-state index >= 15 is 0 Å². The number of amides is 1. The Morgan fingerprint density at radius 1 is 1.00 bits per heavy atom. The zero-order chi connectivity index (χ0) is 20.2. The fourth-order valence-corrected chi connectivity index (χ4v) is 5.58. The minimum Gasteiger partial charge on any atom is -0.325 e. The predicted octanol–water partition coefficient (Wildman–Crippen LogP) is 4.17. The lowest BCUT2D eigenvalue weighted by Crippen LogP contribution is -2.38. The molecule has 2 aromatic carbocycles. The van der Waals surface area contributed by atoms with E-state index in [0.717, 1.165) is 31.2 Å². The van der Waals surface area contributed by atoms with Gasteiger partial charge in [-0.05, 0) is 36.6 Å². The summed E-state index contributed by atoms with van der Waals surface area (Å²) < 4.78 is 27.0. The van der Waals surface area contributed by atoms with Crippen LogP contribution in [0.3, 0.4) is 0 Å². The summed E-state index contributed by atoms with van der Waals surface area (Å²) in [6.07, 6.45) is 3.64. The van der Waals surface area contributed by atoms with Gasteiger partial charge >= 0.3 is 0 Å². The van der Waals surface area contributed by atoms with Crippen LogP contribution in [0.15, 0.2) is 59.5 Å². The second-order valence-electron chi connectivity index (χ2n) is 7.23. The van der Waals surface area contributed by atoms with Crippen LogP contribution >= 0.6 is 0 Å². The number of hydrogen-bond donors (Lipinski definition) is 1. The van der Waals surface area contributed by atoms with E-state index in [0.29, 0.717) is 18.8 Å². The molecule has 6 heteroatoms. The average molecular weight is 401 g/mol. The van der Waals surface area contributed by atoms with Gasteiger partial charge in [0.2, 0.25) is 15.9 Å². The highest BCUT2D eigenvalue weighted by Crippen LogP contribution is 2.42. The topological polar surface area (TPSA) is 66.5 Å². The van der Waals surface area contributed by atoms with E-state index in [1.54, 1.807) is 24.3 Å². The zero-order valence-corrected chi connectivity index (χ0v) is 17.3. The van der Waals surface area contributed by atoms with Gasteiger partial charge in [0.25, 0.3) is 0 Å². The van der Waals surface area contributed by atoms with Crippen molar-refractivity contribution < 1.29 is 13.2 Å². The molecule has 1 amide bonds. The van der Waals surface area contributed by atoms with Crippen molar-refractivity contribution in [2.45, 2.75) is 49.8 Å². The van der Waals surface area contributed by atoms with Gasteiger partial charge in [0.05, 0.1) is 10.3 Å². The Bertz CT molecular complexity index is 916. The van der Waals surface area contributed by atoms with Crippen LogP contribution in [-0.4, -0.2) is 31.7 Å². The maximum Gasteiger partial charge on any atom is 0.243 e. The van der Waals surface area contributed by atoms with Crippen molar-refractivity contribution >= 4 is 21.6 Å². The summed E-state index contributed by atoms with van der Waals surface area (Å²) in [7, 11) is -3.56. The van der Waals surface area contributed by atoms with Crippen LogP contribution in [0.4, 0.5) is 5.69 Å². The maximum absolute atomic E-state index is 13.3. The predicted molar refractivity (Wildman–Crippen MR) is 112 cm³/mol. The fraction of sp³-hybridized carbons (Fsp3) is 0.409. The quantitative estimate of drug-likeness (QED) is 0.759. The smallest absolute Gasteiger partial charge is 0.243 e. The monoisotopic (exact) mass is 400 g/mol. The van der Waals surface area contributed by atoms with Gasteiger partial charge in [-0.15, -0.1) is 0 Å². The van der Waals surface area contributed by atoms with Crippen molar-refractivity contribution in [3.05, 3.63) is 60.2 Å². The number of nitrogens with one attached hydrogen (secondary N) is 1. The summed E-state index contributed by atoms with van der Waals surface area (Å²) in [5.74, 6) is -0.0615. The normalized spacial score (nSPS) is 16.2. The van der Waals surface area contributed by atoms with E-state index in [9.17, 15) is 13.2 Å². The lowest BCUT2D eigenvalue weighted by atomic mass is 9.78. The van der Waals surface area contributed by atoms with Crippen molar-refractivity contribution in [2.24, 2.45) is 0 Å². The summed E-state index contributed by atoms with van der Waals surface area (Å²) in [5.41, 5.74) is 0.993. The van der Waals surface area contributed by atoms with E-state index in [4.69, 9.17) is 0 Å². The molecule has 0 atom stereocenters. The molecule has 150 valence electrons. The van der Waals surface area contributed by atoms with Crippen molar-refractivity contribution in [3.8, 4) is 0 Å². The number of nitrogens with zero attached hydrogens (tertiary/aromatic N) is 1. The number of hydrogen-bond acceptors (Lipinski definition) is 3. The summed E-state index contributed by atoms with van der Waals surface area (Å²) in [6, 6.07) is 16.4. The van der Waals surface area contributed by atoms with Crippen LogP contribution < -0.4 is 5.32 Å². The molecule has 0 saturated heterocycles. The van der Waals surface area contributed by atoms with Gasteiger partial charge < -0.3 is 5.32 Å². The zero-order valence-electron chi connectivity index (χ0n) is 16.5. The Hall–Kier alpha value is -2.18. The highest BCUT2D eigenvalue weighted by Gasteiger charge is 2.42. The van der Waals surface area contributed by atoms with E-state index < -0.39 is 15.4 Å². The molecule has 1 fully saturated rings. The van der Waals surface area contributed by atoms with Crippen LogP contribution in [0.25, 0.3) is 0 Å². The summed E-state index contributed by atoms with van der Waals surface area (Å²) in [5, 5.41) is 2.99. The van der Waals surface area contributed by atoms with Crippen molar-refractivity contribution in [1.82, 2.24) is 4.31 Å². The number of rotatable bonds is 7. The largest absolute Gasteiger partial charge is 0.325 e. The molecule has 5 nitrogen and oxygen atoms in total. The Balaban J connectivity index is 1.89. The Kier molecular flexibility index (Phi) is 6.20. The van der Waals surface area contributed by atoms with Gasteiger partial charge in [0.1, 0.15) is 0 Å². The Morgan fingerprint density at radius 2 is 1.64 bits per heavy atom. The standard InChI is InChI=1S/C22H28N2O3S/c1-3-24(4-2)28(26,27)20-14-10-13-19(17-20)23-21(25)22(15-8-9-16-22)18-11-6-5-7-12-18/h5-7,10-14,17H,3-4,8-9,15-16H2,1-2H3,(H,23,25). The third kappa shape index (κ3) is 3.84. The van der Waals surface area contributed by atoms with Crippen molar-refractivity contribution in [2.75, 3.05) is 18.4 Å². The van der Waals surface area contributed by atoms with Gasteiger partial charge in [0, 0.05) is 18.8 Å². The SMILES string of the molecule is CCN(CC)S(=O)(=O)c1cccc(NC(=O)C2(c3ccccc3)CCCC2)c1. The minimum absolute atomic E-state index is 0.0615. The van der Waals surface area contributed by atoms with Gasteiger partial charge in [-0.2, -0.15) is 4.31 Å². The number of benzene rings is 2. The van der Waals surface area contributed by atoms with E-state index in [1.807, 2.05) is 44.2 Å². The number of sulfonamides is 1. The summed E-state index contributed by atoms with van der Waals surface area (Å²) >= 11 is 0. The second-order valence-corrected chi connectivity index (χ2v) is 9.16. The van der Waals surface area contributed by atoms with E-state index in [1.165, 1.54) is 4.31 Å². The first-order valence-corrected chi connectivity index (χ1v) is 11.4. The molecule has 0 radical (unpaired) electrons. The first-order valence-electron chi connectivity index (χ1n) is 9.91. The molecule has 0 bridgehead atoms. The van der Waals surface area contributed by atoms with Gasteiger partial charge in [-0.3, -0.25) is 4.79 Å². The molecule has 28 heavy (non-hydrogen) atoms. The molecule has 1 aliphatic rings. The molecular formula is C22H28N2O3S. The first kappa shape index (κ1) is 20.6. The molecule has 0 spiro atoms. The molecule has 1 aliphatic carbocycles. The average Bonchev–Trinajstić information content (AvgIpc) is 3.21. The van der Waals surface area contributed by atoms with Crippen LogP contribution in [0, 0.1) is 0 Å². The van der Waals surface area contributed by atoms with Crippen LogP contribution in [0.5, 0.6) is 0 Å². The molecule has 2 aromatic rings. The van der Waals surface area contributed by atoms with Crippen LogP contribution in [0.2, 0.25) is 0 Å². The molecule has 0 unspecified atom stereocenters. The van der Waals surface area contributed by atoms with Crippen LogP contribution in [-0.2, 0) is 20.2 Å². The van der Waals surface area contributed by atoms with E-state index in [2.05, 4.69) is 5.32 Å². The highest BCUT2D eigenvalue weighted by molar-refractivity contribution is 7.89. The summed E-state index contributed by atoms with van der Waals surface area (Å²) in [4.78, 5) is 13.5. The lowest BCUT2D eigenvalue weighted by Gasteiger charge is -2.28. The number of carbonyl (C=O) groups excluding carboxylic acids is 1. The molecule has 3 rings (SSSR count). The van der Waals surface area contributed by atoms with Crippen LogP contribution in [0.1, 0.15) is 45.1 Å². The molecule has 0 heterocycles. The Morgan fingerprint density at radius 3 is 2.25 bits per heavy atom. The second kappa shape index (κ2) is 8.45. The minimum atomic E-state index is -3.56. The maximum atomic E-state index is 13.3. The Labute approximate surface area is 167 Å². The van der Waals surface area contributed by atoms with Crippen molar-refractivity contribution in [3.63, 3.8) is 0 Å². The third-order valence-electron chi connectivity index (χ3n) is 5.65. The molecule has 1 saturated carbocycles. The highest BCUT2D eigenvalue weighted by atomic mass is 32.2. The van der Waals surface area contributed by atoms with E-state index in [-0.39, 0.29) is 10.8 Å². The lowest BCUT2D eigenvalue weighted by molar-refractivity contribution is -0.121. The van der Waals surface area contributed by atoms with Crippen molar-refractivity contribution in [1.29, 1.82) is 0 Å². The molecule has 0 aliphatic heterocycles. The molecule has 0 aromatic heterocycles. The van der Waals surface area contributed by atoms with Gasteiger partial charge in [0.15, 0.2) is 0 Å². The summed E-state index contributed by atoms with van der Waals surface area (Å²) in [6.45, 7) is 4.45. The van der Waals surface area contributed by atoms with Gasteiger partial charge in [-0.1, -0.05) is 63.1 Å².